The SMILES string of the molecule is CCCCCCCCCCCCCCCCCC(=O)C(C)(O)C(C(C)O)(C(C)OS(=O)(=O)O)C(C)(O)C(=O)CCCCCCCCCCCCCCCCC. The summed E-state index contributed by atoms with van der Waals surface area (Å²) < 4.78 is 38.2. The molecule has 4 atom stereocenters. The molecule has 0 radical (unpaired) electrons. The molecule has 0 amide bonds. The lowest BCUT2D eigenvalue weighted by molar-refractivity contribution is -0.246. The molecule has 0 saturated carbocycles. The van der Waals surface area contributed by atoms with Gasteiger partial charge in [0.25, 0.3) is 0 Å². The number of aliphatic hydroxyl groups is 3. The third-order valence-corrected chi connectivity index (χ3v) is 12.8. The predicted octanol–water partition coefficient (Wildman–Crippen LogP) is 11.7. The second-order valence-corrected chi connectivity index (χ2v) is 18.1. The molecule has 0 bridgehead atoms. The third-order valence-electron chi connectivity index (χ3n) is 12.3. The van der Waals surface area contributed by atoms with Crippen molar-refractivity contribution < 1.29 is 42.1 Å². The largest absolute Gasteiger partial charge is 0.397 e. The van der Waals surface area contributed by atoms with Crippen LogP contribution in [0.3, 0.4) is 0 Å². The molecule has 10 heteroatoms. The van der Waals surface area contributed by atoms with Gasteiger partial charge in [-0.1, -0.05) is 194 Å². The topological polar surface area (TPSA) is 158 Å². The number of ketones is 2. The number of carbonyl (C=O) groups is 2. The average molecular weight is 805 g/mol. The van der Waals surface area contributed by atoms with Gasteiger partial charge in [-0.05, 0) is 40.5 Å². The van der Waals surface area contributed by atoms with E-state index in [0.29, 0.717) is 12.8 Å². The summed E-state index contributed by atoms with van der Waals surface area (Å²) in [4.78, 5) is 27.5. The highest BCUT2D eigenvalue weighted by Gasteiger charge is 2.69. The van der Waals surface area contributed by atoms with Crippen molar-refractivity contribution in [3.8, 4) is 0 Å². The van der Waals surface area contributed by atoms with Crippen LogP contribution in [0.15, 0.2) is 0 Å². The standard InChI is InChI=1S/C45H88O9S/c1-7-9-11-13-15-17-19-21-23-25-27-29-31-33-35-37-41(47)43(5,49)45(39(3)46,40(4)54-55(51,52)53)44(6,50)42(48)38-36-34-32-30-28-26-24-22-20-18-16-14-12-10-8-2/h39-40,46,49-50H,7-38H2,1-6H3,(H,51,52,53). The van der Waals surface area contributed by atoms with Crippen LogP contribution in [0.1, 0.15) is 247 Å². The van der Waals surface area contributed by atoms with Gasteiger partial charge in [0.05, 0.1) is 17.6 Å². The van der Waals surface area contributed by atoms with Crippen LogP contribution in [-0.2, 0) is 24.2 Å². The van der Waals surface area contributed by atoms with Crippen molar-refractivity contribution in [1.82, 2.24) is 0 Å². The van der Waals surface area contributed by atoms with Crippen molar-refractivity contribution in [1.29, 1.82) is 0 Å². The molecule has 0 aromatic carbocycles. The fourth-order valence-corrected chi connectivity index (χ4v) is 9.46. The molecule has 0 spiro atoms. The van der Waals surface area contributed by atoms with E-state index < -0.39 is 50.8 Å². The number of Topliss-reactive ketones (excluding diaryl/α,β-unsaturated/α-hetero) is 2. The lowest BCUT2D eigenvalue weighted by Crippen LogP contribution is -2.74. The minimum atomic E-state index is -5.16. The molecule has 0 aromatic rings. The van der Waals surface area contributed by atoms with Gasteiger partial charge in [0.15, 0.2) is 11.6 Å². The fourth-order valence-electron chi connectivity index (χ4n) is 8.94. The first-order valence-electron chi connectivity index (χ1n) is 22.9. The quantitative estimate of drug-likeness (QED) is 0.0349. The zero-order valence-electron chi connectivity index (χ0n) is 36.5. The number of hydrogen-bond acceptors (Lipinski definition) is 8. The van der Waals surface area contributed by atoms with Gasteiger partial charge in [0, 0.05) is 12.8 Å². The average Bonchev–Trinajstić information content (AvgIpc) is 3.10. The highest BCUT2D eigenvalue weighted by Crippen LogP contribution is 2.51. The molecular formula is C45H88O9S. The molecule has 0 rings (SSSR count). The van der Waals surface area contributed by atoms with Gasteiger partial charge in [0.1, 0.15) is 11.2 Å². The monoisotopic (exact) mass is 805 g/mol. The molecule has 0 saturated heterocycles. The predicted molar refractivity (Wildman–Crippen MR) is 227 cm³/mol. The number of hydrogen-bond donors (Lipinski definition) is 4. The maximum absolute atomic E-state index is 13.7. The summed E-state index contributed by atoms with van der Waals surface area (Å²) in [7, 11) is -5.16. The van der Waals surface area contributed by atoms with Crippen molar-refractivity contribution >= 4 is 22.0 Å². The van der Waals surface area contributed by atoms with Crippen LogP contribution < -0.4 is 0 Å². The Morgan fingerprint density at radius 3 is 0.909 bits per heavy atom. The van der Waals surface area contributed by atoms with Crippen LogP contribution in [0, 0.1) is 5.41 Å². The zero-order valence-corrected chi connectivity index (χ0v) is 37.3. The zero-order chi connectivity index (χ0) is 41.6. The summed E-state index contributed by atoms with van der Waals surface area (Å²) >= 11 is 0. The van der Waals surface area contributed by atoms with Crippen molar-refractivity contribution in [2.75, 3.05) is 0 Å². The third kappa shape index (κ3) is 21.6. The minimum Gasteiger partial charge on any atom is -0.392 e. The normalized spacial score (nSPS) is 16.6. The molecular weight excluding hydrogens is 717 g/mol. The maximum Gasteiger partial charge on any atom is 0.397 e. The fraction of sp³-hybridized carbons (Fsp3) is 0.956. The van der Waals surface area contributed by atoms with E-state index in [1.807, 2.05) is 0 Å². The van der Waals surface area contributed by atoms with Crippen molar-refractivity contribution in [2.24, 2.45) is 5.41 Å². The van der Waals surface area contributed by atoms with Crippen LogP contribution in [0.5, 0.6) is 0 Å². The van der Waals surface area contributed by atoms with Gasteiger partial charge in [-0.3, -0.25) is 14.1 Å². The highest BCUT2D eigenvalue weighted by atomic mass is 32.3. The lowest BCUT2D eigenvalue weighted by Gasteiger charge is -2.55. The molecule has 0 aliphatic rings. The first-order valence-corrected chi connectivity index (χ1v) is 24.3. The summed E-state index contributed by atoms with van der Waals surface area (Å²) in [6, 6.07) is 0. The van der Waals surface area contributed by atoms with E-state index in [2.05, 4.69) is 13.8 Å². The molecule has 4 N–H and O–H groups in total. The molecule has 328 valence electrons. The van der Waals surface area contributed by atoms with Crippen molar-refractivity contribution in [3.63, 3.8) is 0 Å². The van der Waals surface area contributed by atoms with Crippen molar-refractivity contribution in [2.45, 2.75) is 270 Å². The number of rotatable bonds is 40. The van der Waals surface area contributed by atoms with Crippen LogP contribution in [0.25, 0.3) is 0 Å². The Kier molecular flexibility index (Phi) is 30.6. The van der Waals surface area contributed by atoms with Gasteiger partial charge < -0.3 is 15.3 Å². The number of carbonyl (C=O) groups excluding carboxylic acids is 2. The van der Waals surface area contributed by atoms with E-state index in [1.54, 1.807) is 0 Å². The second kappa shape index (κ2) is 31.1. The highest BCUT2D eigenvalue weighted by molar-refractivity contribution is 7.80. The molecule has 9 nitrogen and oxygen atoms in total. The number of unbranched alkanes of at least 4 members (excludes halogenated alkanes) is 28. The van der Waals surface area contributed by atoms with E-state index in [0.717, 1.165) is 72.1 Å². The Labute approximate surface area is 338 Å². The smallest absolute Gasteiger partial charge is 0.392 e. The Bertz CT molecular complexity index is 1010. The van der Waals surface area contributed by atoms with E-state index in [-0.39, 0.29) is 12.8 Å². The van der Waals surface area contributed by atoms with Crippen LogP contribution in [-0.4, -0.2) is 63.3 Å². The lowest BCUT2D eigenvalue weighted by atomic mass is 9.53. The van der Waals surface area contributed by atoms with Gasteiger partial charge in [0.2, 0.25) is 0 Å². The summed E-state index contributed by atoms with van der Waals surface area (Å²) in [5.41, 5.74) is -7.69. The van der Waals surface area contributed by atoms with Gasteiger partial charge in [-0.25, -0.2) is 4.18 Å². The summed E-state index contributed by atoms with van der Waals surface area (Å²) in [5, 5.41) is 35.1. The van der Waals surface area contributed by atoms with Gasteiger partial charge >= 0.3 is 10.4 Å². The molecule has 0 aliphatic heterocycles. The van der Waals surface area contributed by atoms with E-state index in [4.69, 9.17) is 4.18 Å². The van der Waals surface area contributed by atoms with Crippen molar-refractivity contribution in [3.05, 3.63) is 0 Å². The Morgan fingerprint density at radius 2 is 0.709 bits per heavy atom. The molecule has 0 heterocycles. The molecule has 55 heavy (non-hydrogen) atoms. The van der Waals surface area contributed by atoms with Crippen LogP contribution in [0.4, 0.5) is 0 Å². The Balaban J connectivity index is 5.05. The Morgan fingerprint density at radius 1 is 0.491 bits per heavy atom. The van der Waals surface area contributed by atoms with E-state index in [9.17, 15) is 37.9 Å². The first-order chi connectivity index (χ1) is 26.0. The van der Waals surface area contributed by atoms with E-state index in [1.165, 1.54) is 135 Å². The number of aliphatic hydroxyl groups excluding tert-OH is 1. The van der Waals surface area contributed by atoms with Gasteiger partial charge in [-0.2, -0.15) is 8.42 Å². The summed E-state index contributed by atoms with van der Waals surface area (Å²) in [6.07, 6.45) is 30.7. The van der Waals surface area contributed by atoms with Gasteiger partial charge in [-0.15, -0.1) is 0 Å². The van der Waals surface area contributed by atoms with Crippen LogP contribution >= 0.6 is 0 Å². The van der Waals surface area contributed by atoms with E-state index >= 15 is 0 Å². The second-order valence-electron chi connectivity index (χ2n) is 17.1. The van der Waals surface area contributed by atoms with Crippen LogP contribution in [0.2, 0.25) is 0 Å². The molecule has 0 aromatic heterocycles. The molecule has 0 fully saturated rings. The summed E-state index contributed by atoms with van der Waals surface area (Å²) in [6.45, 7) is 9.00. The minimum absolute atomic E-state index is 0.0956. The first kappa shape index (κ1) is 54.1. The molecule has 4 unspecified atom stereocenters. The molecule has 0 aliphatic carbocycles. The maximum atomic E-state index is 13.7. The summed E-state index contributed by atoms with van der Waals surface area (Å²) in [5.74, 6) is -1.48. The Hall–Kier alpha value is -0.910.